The Morgan fingerprint density at radius 3 is 2.52 bits per heavy atom. The fourth-order valence-electron chi connectivity index (χ4n) is 2.22. The molecular weight excluding hydrogens is 342 g/mol. The smallest absolute Gasteiger partial charge is 0.243 e. The highest BCUT2D eigenvalue weighted by molar-refractivity contribution is 7.90. The highest BCUT2D eigenvalue weighted by Crippen LogP contribution is 2.27. The van der Waals surface area contributed by atoms with Gasteiger partial charge < -0.3 is 9.47 Å². The van der Waals surface area contributed by atoms with Crippen molar-refractivity contribution in [2.75, 3.05) is 13.4 Å². The molecule has 0 saturated heterocycles. The maximum atomic E-state index is 11.5. The van der Waals surface area contributed by atoms with Gasteiger partial charge in [0.1, 0.15) is 18.1 Å². The van der Waals surface area contributed by atoms with Crippen LogP contribution in [0.25, 0.3) is 11.4 Å². The molecular formula is C17H17N3O4S. The van der Waals surface area contributed by atoms with Gasteiger partial charge in [0.15, 0.2) is 5.82 Å². The molecule has 0 radical (unpaired) electrons. The zero-order valence-corrected chi connectivity index (χ0v) is 14.6. The molecule has 0 bridgehead atoms. The molecule has 0 amide bonds. The maximum absolute atomic E-state index is 11.5. The predicted molar refractivity (Wildman–Crippen MR) is 92.3 cm³/mol. The van der Waals surface area contributed by atoms with E-state index in [0.717, 1.165) is 17.6 Å². The lowest BCUT2D eigenvalue weighted by Gasteiger charge is -2.11. The average Bonchev–Trinajstić information content (AvgIpc) is 3.11. The number of benzene rings is 2. The summed E-state index contributed by atoms with van der Waals surface area (Å²) >= 11 is 0. The number of para-hydroxylation sites is 1. The van der Waals surface area contributed by atoms with Crippen LogP contribution < -0.4 is 9.47 Å². The number of H-pyrrole nitrogens is 1. The molecule has 0 unspecified atom stereocenters. The van der Waals surface area contributed by atoms with Gasteiger partial charge in [0.05, 0.1) is 7.11 Å². The van der Waals surface area contributed by atoms with Crippen LogP contribution in [0.15, 0.2) is 53.7 Å². The summed E-state index contributed by atoms with van der Waals surface area (Å²) in [4.78, 5) is 4.01. The van der Waals surface area contributed by atoms with Gasteiger partial charge in [-0.05, 0) is 18.2 Å². The molecule has 1 heterocycles. The Hall–Kier alpha value is -2.87. The molecule has 3 aromatic rings. The molecule has 0 fully saturated rings. The second-order valence-corrected chi connectivity index (χ2v) is 7.30. The van der Waals surface area contributed by atoms with Crippen LogP contribution in [0.1, 0.15) is 5.56 Å². The zero-order chi connectivity index (χ0) is 17.9. The third kappa shape index (κ3) is 3.97. The molecule has 0 aliphatic carbocycles. The van der Waals surface area contributed by atoms with Crippen LogP contribution in [0.5, 0.6) is 11.5 Å². The van der Waals surface area contributed by atoms with E-state index in [2.05, 4.69) is 15.2 Å². The Labute approximate surface area is 145 Å². The zero-order valence-electron chi connectivity index (χ0n) is 13.8. The van der Waals surface area contributed by atoms with E-state index in [1.165, 1.54) is 0 Å². The number of nitrogens with zero attached hydrogens (tertiary/aromatic N) is 2. The fraction of sp³-hybridized carbons (Fsp3) is 0.176. The SMILES string of the molecule is COc1cc(-c2n[nH]c(S(C)(=O)=O)n2)ccc1COc1ccccc1. The van der Waals surface area contributed by atoms with Crippen LogP contribution in [0, 0.1) is 0 Å². The lowest BCUT2D eigenvalue weighted by molar-refractivity contribution is 0.297. The lowest BCUT2D eigenvalue weighted by Crippen LogP contribution is -2.00. The van der Waals surface area contributed by atoms with Gasteiger partial charge in [0.25, 0.3) is 0 Å². The first kappa shape index (κ1) is 17.0. The normalized spacial score (nSPS) is 11.3. The van der Waals surface area contributed by atoms with E-state index >= 15 is 0 Å². The molecule has 3 rings (SSSR count). The molecule has 7 nitrogen and oxygen atoms in total. The summed E-state index contributed by atoms with van der Waals surface area (Å²) in [6.07, 6.45) is 1.07. The summed E-state index contributed by atoms with van der Waals surface area (Å²) < 4.78 is 34.1. The van der Waals surface area contributed by atoms with Gasteiger partial charge in [-0.15, -0.1) is 0 Å². The summed E-state index contributed by atoms with van der Waals surface area (Å²) in [5, 5.41) is 6.21. The van der Waals surface area contributed by atoms with Crippen LogP contribution in [0.4, 0.5) is 0 Å². The molecule has 8 heteroatoms. The van der Waals surface area contributed by atoms with Crippen LogP contribution in [-0.2, 0) is 16.4 Å². The third-order valence-electron chi connectivity index (χ3n) is 3.50. The first-order valence-corrected chi connectivity index (χ1v) is 9.34. The predicted octanol–water partition coefficient (Wildman–Crippen LogP) is 2.46. The molecule has 0 atom stereocenters. The van der Waals surface area contributed by atoms with Crippen molar-refractivity contribution in [1.82, 2.24) is 15.2 Å². The first-order chi connectivity index (χ1) is 12.0. The van der Waals surface area contributed by atoms with Crippen LogP contribution in [0.2, 0.25) is 0 Å². The molecule has 0 saturated carbocycles. The second-order valence-electron chi connectivity index (χ2n) is 5.36. The highest BCUT2D eigenvalue weighted by Gasteiger charge is 2.15. The van der Waals surface area contributed by atoms with Crippen LogP contribution in [0.3, 0.4) is 0 Å². The quantitative estimate of drug-likeness (QED) is 0.726. The van der Waals surface area contributed by atoms with Crippen molar-refractivity contribution in [2.45, 2.75) is 11.8 Å². The van der Waals surface area contributed by atoms with Gasteiger partial charge in [0, 0.05) is 17.4 Å². The topological polar surface area (TPSA) is 94.2 Å². The minimum atomic E-state index is -3.43. The van der Waals surface area contributed by atoms with Crippen molar-refractivity contribution in [3.63, 3.8) is 0 Å². The van der Waals surface area contributed by atoms with Gasteiger partial charge in [-0.3, -0.25) is 0 Å². The summed E-state index contributed by atoms with van der Waals surface area (Å²) in [6.45, 7) is 0.343. The Kier molecular flexibility index (Phi) is 4.71. The standard InChI is InChI=1S/C17H17N3O4S/c1-23-15-10-12(16-18-17(20-19-16)25(2,21)22)8-9-13(15)11-24-14-6-4-3-5-7-14/h3-10H,11H2,1-2H3,(H,18,19,20). The van der Waals surface area contributed by atoms with Crippen LogP contribution in [-0.4, -0.2) is 37.0 Å². The monoisotopic (exact) mass is 359 g/mol. The molecule has 2 aromatic carbocycles. The fourth-order valence-corrected chi connectivity index (χ4v) is 2.69. The molecule has 0 spiro atoms. The molecule has 0 aliphatic heterocycles. The van der Waals surface area contributed by atoms with Gasteiger partial charge >= 0.3 is 0 Å². The van der Waals surface area contributed by atoms with Crippen molar-refractivity contribution >= 4 is 9.84 Å². The Morgan fingerprint density at radius 1 is 1.12 bits per heavy atom. The summed E-state index contributed by atoms with van der Waals surface area (Å²) in [6, 6.07) is 14.9. The van der Waals surface area contributed by atoms with E-state index in [9.17, 15) is 8.42 Å². The number of nitrogens with one attached hydrogen (secondary N) is 1. The molecule has 1 N–H and O–H groups in total. The second kappa shape index (κ2) is 6.94. The summed E-state index contributed by atoms with van der Waals surface area (Å²) in [5.74, 6) is 1.66. The summed E-state index contributed by atoms with van der Waals surface area (Å²) in [7, 11) is -1.87. The number of sulfone groups is 1. The van der Waals surface area contributed by atoms with E-state index in [-0.39, 0.29) is 11.0 Å². The van der Waals surface area contributed by atoms with Crippen LogP contribution >= 0.6 is 0 Å². The number of aromatic nitrogens is 3. The molecule has 25 heavy (non-hydrogen) atoms. The largest absolute Gasteiger partial charge is 0.496 e. The lowest BCUT2D eigenvalue weighted by atomic mass is 10.1. The van der Waals surface area contributed by atoms with Crippen molar-refractivity contribution in [1.29, 1.82) is 0 Å². The average molecular weight is 359 g/mol. The number of hydrogen-bond acceptors (Lipinski definition) is 6. The van der Waals surface area contributed by atoms with Crippen molar-refractivity contribution in [2.24, 2.45) is 0 Å². The van der Waals surface area contributed by atoms with Gasteiger partial charge in [-0.25, -0.2) is 13.5 Å². The highest BCUT2D eigenvalue weighted by atomic mass is 32.2. The van der Waals surface area contributed by atoms with Crippen molar-refractivity contribution < 1.29 is 17.9 Å². The molecule has 0 aliphatic rings. The Bertz CT molecular complexity index is 969. The molecule has 1 aromatic heterocycles. The number of rotatable bonds is 6. The molecule has 130 valence electrons. The maximum Gasteiger partial charge on any atom is 0.243 e. The van der Waals surface area contributed by atoms with E-state index in [1.54, 1.807) is 19.2 Å². The Balaban J connectivity index is 1.83. The number of methoxy groups -OCH3 is 1. The van der Waals surface area contributed by atoms with E-state index in [0.29, 0.717) is 17.9 Å². The summed E-state index contributed by atoms with van der Waals surface area (Å²) in [5.41, 5.74) is 1.50. The number of aromatic amines is 1. The van der Waals surface area contributed by atoms with Crippen molar-refractivity contribution in [3.05, 3.63) is 54.1 Å². The van der Waals surface area contributed by atoms with Gasteiger partial charge in [-0.2, -0.15) is 10.1 Å². The minimum absolute atomic E-state index is 0.169. The van der Waals surface area contributed by atoms with E-state index in [1.807, 2.05) is 36.4 Å². The van der Waals surface area contributed by atoms with Gasteiger partial charge in [0.2, 0.25) is 15.0 Å². The third-order valence-corrected chi connectivity index (χ3v) is 4.38. The van der Waals surface area contributed by atoms with Crippen molar-refractivity contribution in [3.8, 4) is 22.9 Å². The van der Waals surface area contributed by atoms with E-state index < -0.39 is 9.84 Å². The van der Waals surface area contributed by atoms with Gasteiger partial charge in [-0.1, -0.05) is 30.3 Å². The Morgan fingerprint density at radius 2 is 1.88 bits per heavy atom. The van der Waals surface area contributed by atoms with E-state index in [4.69, 9.17) is 9.47 Å². The number of hydrogen-bond donors (Lipinski definition) is 1. The minimum Gasteiger partial charge on any atom is -0.496 e. The first-order valence-electron chi connectivity index (χ1n) is 7.45. The number of ether oxygens (including phenoxy) is 2.